The Labute approximate surface area is 149 Å². The van der Waals surface area contributed by atoms with Crippen LogP contribution in [0.3, 0.4) is 0 Å². The Morgan fingerprint density at radius 3 is 2.96 bits per heavy atom. The number of rotatable bonds is 7. The second-order valence-corrected chi connectivity index (χ2v) is 7.32. The molecule has 2 N–H and O–H groups in total. The van der Waals surface area contributed by atoms with E-state index in [1.807, 2.05) is 12.1 Å². The van der Waals surface area contributed by atoms with Crippen LogP contribution in [0.4, 0.5) is 0 Å². The third-order valence-electron chi connectivity index (χ3n) is 4.61. The van der Waals surface area contributed by atoms with Gasteiger partial charge in [-0.1, -0.05) is 36.2 Å². The third kappa shape index (κ3) is 6.33. The highest BCUT2D eigenvalue weighted by Gasteiger charge is 2.21. The Kier molecular flexibility index (Phi) is 7.68. The molecule has 2 atom stereocenters. The summed E-state index contributed by atoms with van der Waals surface area (Å²) in [5, 5.41) is 7.79. The van der Waals surface area contributed by atoms with Gasteiger partial charge >= 0.3 is 0 Å². The first-order valence-electron chi connectivity index (χ1n) is 8.47. The molecular weight excluding hydrogens is 331 g/mol. The van der Waals surface area contributed by atoms with Crippen molar-refractivity contribution in [3.8, 4) is 0 Å². The molecular formula is C18H26Cl2N2O. The number of aryl methyl sites for hydroxylation is 1. The molecule has 3 nitrogen and oxygen atoms in total. The van der Waals surface area contributed by atoms with E-state index in [-0.39, 0.29) is 5.91 Å². The van der Waals surface area contributed by atoms with Gasteiger partial charge in [0.1, 0.15) is 0 Å². The lowest BCUT2D eigenvalue weighted by Crippen LogP contribution is -2.35. The molecule has 2 unspecified atom stereocenters. The molecule has 2 rings (SSSR count). The van der Waals surface area contributed by atoms with Gasteiger partial charge < -0.3 is 10.6 Å². The predicted octanol–water partition coefficient (Wildman–Crippen LogP) is 4.07. The van der Waals surface area contributed by atoms with Gasteiger partial charge in [0.25, 0.3) is 0 Å². The molecule has 0 aromatic heterocycles. The number of hydrogen-bond donors (Lipinski definition) is 2. The van der Waals surface area contributed by atoms with E-state index >= 15 is 0 Å². The van der Waals surface area contributed by atoms with Gasteiger partial charge in [0.15, 0.2) is 0 Å². The molecule has 0 bridgehead atoms. The number of nitrogens with one attached hydrogen (secondary N) is 2. The first-order chi connectivity index (χ1) is 11.1. The summed E-state index contributed by atoms with van der Waals surface area (Å²) in [6.07, 6.45) is 4.80. The van der Waals surface area contributed by atoms with Crippen molar-refractivity contribution in [1.29, 1.82) is 0 Å². The van der Waals surface area contributed by atoms with Crippen molar-refractivity contribution in [3.63, 3.8) is 0 Å². The van der Waals surface area contributed by atoms with Gasteiger partial charge in [0.2, 0.25) is 5.91 Å². The zero-order valence-electron chi connectivity index (χ0n) is 13.7. The standard InChI is InChI=1S/C18H26Cl2N2O/c1-13(15-5-2-8-21-12-15)10-18(23)22-9-3-4-14-6-7-16(19)11-17(14)20/h6-7,11,13,15,21H,2-5,8-10,12H2,1H3,(H,22,23). The average Bonchev–Trinajstić information content (AvgIpc) is 2.54. The Balaban J connectivity index is 1.64. The van der Waals surface area contributed by atoms with Crippen molar-refractivity contribution >= 4 is 29.1 Å². The summed E-state index contributed by atoms with van der Waals surface area (Å²) >= 11 is 12.0. The number of piperidine rings is 1. The molecule has 0 saturated carbocycles. The zero-order valence-corrected chi connectivity index (χ0v) is 15.2. The highest BCUT2D eigenvalue weighted by molar-refractivity contribution is 6.35. The number of carbonyl (C=O) groups excluding carboxylic acids is 1. The van der Waals surface area contributed by atoms with Crippen LogP contribution in [0.25, 0.3) is 0 Å². The average molecular weight is 357 g/mol. The van der Waals surface area contributed by atoms with Crippen molar-refractivity contribution < 1.29 is 4.79 Å². The van der Waals surface area contributed by atoms with Gasteiger partial charge in [-0.05, 0) is 68.3 Å². The van der Waals surface area contributed by atoms with E-state index in [4.69, 9.17) is 23.2 Å². The normalized spacial score (nSPS) is 19.3. The zero-order chi connectivity index (χ0) is 16.7. The molecule has 1 aromatic carbocycles. The maximum Gasteiger partial charge on any atom is 0.220 e. The number of hydrogen-bond acceptors (Lipinski definition) is 2. The van der Waals surface area contributed by atoms with Crippen LogP contribution in [0.15, 0.2) is 18.2 Å². The van der Waals surface area contributed by atoms with Gasteiger partial charge in [0, 0.05) is 23.0 Å². The molecule has 0 aliphatic carbocycles. The fourth-order valence-electron chi connectivity index (χ4n) is 3.13. The molecule has 0 radical (unpaired) electrons. The predicted molar refractivity (Wildman–Crippen MR) is 97.2 cm³/mol. The van der Waals surface area contributed by atoms with E-state index in [0.29, 0.717) is 34.8 Å². The van der Waals surface area contributed by atoms with Crippen LogP contribution in [0.2, 0.25) is 10.0 Å². The van der Waals surface area contributed by atoms with Crippen molar-refractivity contribution in [3.05, 3.63) is 33.8 Å². The Morgan fingerprint density at radius 1 is 1.43 bits per heavy atom. The topological polar surface area (TPSA) is 41.1 Å². The fraction of sp³-hybridized carbons (Fsp3) is 0.611. The summed E-state index contributed by atoms with van der Waals surface area (Å²) in [4.78, 5) is 12.0. The first-order valence-corrected chi connectivity index (χ1v) is 9.23. The Hall–Kier alpha value is -0.770. The molecule has 5 heteroatoms. The van der Waals surface area contributed by atoms with E-state index in [2.05, 4.69) is 17.6 Å². The van der Waals surface area contributed by atoms with E-state index < -0.39 is 0 Å². The minimum absolute atomic E-state index is 0.158. The van der Waals surface area contributed by atoms with Crippen molar-refractivity contribution in [2.75, 3.05) is 19.6 Å². The van der Waals surface area contributed by atoms with Crippen molar-refractivity contribution in [1.82, 2.24) is 10.6 Å². The number of amides is 1. The van der Waals surface area contributed by atoms with Crippen LogP contribution >= 0.6 is 23.2 Å². The van der Waals surface area contributed by atoms with Crippen LogP contribution in [-0.4, -0.2) is 25.5 Å². The lowest BCUT2D eigenvalue weighted by Gasteiger charge is -2.28. The van der Waals surface area contributed by atoms with Gasteiger partial charge in [0.05, 0.1) is 0 Å². The Morgan fingerprint density at radius 2 is 2.26 bits per heavy atom. The molecule has 0 spiro atoms. The Bertz CT molecular complexity index is 516. The molecule has 1 fully saturated rings. The quantitative estimate of drug-likeness (QED) is 0.723. The van der Waals surface area contributed by atoms with E-state index in [9.17, 15) is 4.79 Å². The summed E-state index contributed by atoms with van der Waals surface area (Å²) in [7, 11) is 0. The van der Waals surface area contributed by atoms with Crippen LogP contribution in [0.1, 0.15) is 38.2 Å². The molecule has 128 valence electrons. The lowest BCUT2D eigenvalue weighted by atomic mass is 9.85. The number of benzene rings is 1. The van der Waals surface area contributed by atoms with Crippen molar-refractivity contribution in [2.45, 2.75) is 39.0 Å². The van der Waals surface area contributed by atoms with Crippen molar-refractivity contribution in [2.24, 2.45) is 11.8 Å². The minimum Gasteiger partial charge on any atom is -0.356 e. The SMILES string of the molecule is CC(CC(=O)NCCCc1ccc(Cl)cc1Cl)C1CCCNC1. The molecule has 1 saturated heterocycles. The third-order valence-corrected chi connectivity index (χ3v) is 5.19. The molecule has 23 heavy (non-hydrogen) atoms. The molecule has 1 aliphatic heterocycles. The summed E-state index contributed by atoms with van der Waals surface area (Å²) in [5.74, 6) is 1.22. The van der Waals surface area contributed by atoms with Gasteiger partial charge in [-0.2, -0.15) is 0 Å². The second-order valence-electron chi connectivity index (χ2n) is 6.48. The van der Waals surface area contributed by atoms with Gasteiger partial charge in [-0.25, -0.2) is 0 Å². The monoisotopic (exact) mass is 356 g/mol. The summed E-state index contributed by atoms with van der Waals surface area (Å²) in [5.41, 5.74) is 1.08. The highest BCUT2D eigenvalue weighted by Crippen LogP contribution is 2.23. The number of halogens is 2. The largest absolute Gasteiger partial charge is 0.356 e. The smallest absolute Gasteiger partial charge is 0.220 e. The molecule has 1 aliphatic rings. The lowest BCUT2D eigenvalue weighted by molar-refractivity contribution is -0.122. The number of carbonyl (C=O) groups is 1. The van der Waals surface area contributed by atoms with Crippen LogP contribution in [-0.2, 0) is 11.2 Å². The van der Waals surface area contributed by atoms with Crippen LogP contribution in [0, 0.1) is 11.8 Å². The molecule has 1 amide bonds. The molecule has 1 heterocycles. The second kappa shape index (κ2) is 9.51. The summed E-state index contributed by atoms with van der Waals surface area (Å²) in [6, 6.07) is 5.56. The van der Waals surface area contributed by atoms with Crippen LogP contribution in [0.5, 0.6) is 0 Å². The fourth-order valence-corrected chi connectivity index (χ4v) is 3.63. The van der Waals surface area contributed by atoms with Crippen LogP contribution < -0.4 is 10.6 Å². The summed E-state index contributed by atoms with van der Waals surface area (Å²) < 4.78 is 0. The maximum atomic E-state index is 12.0. The summed E-state index contributed by atoms with van der Waals surface area (Å²) in [6.45, 7) is 5.03. The van der Waals surface area contributed by atoms with E-state index in [0.717, 1.165) is 31.5 Å². The maximum absolute atomic E-state index is 12.0. The first kappa shape index (κ1) is 18.6. The minimum atomic E-state index is 0.158. The van der Waals surface area contributed by atoms with E-state index in [1.54, 1.807) is 6.07 Å². The van der Waals surface area contributed by atoms with Gasteiger partial charge in [-0.3, -0.25) is 4.79 Å². The highest BCUT2D eigenvalue weighted by atomic mass is 35.5. The van der Waals surface area contributed by atoms with E-state index in [1.165, 1.54) is 12.8 Å². The molecule has 1 aromatic rings. The van der Waals surface area contributed by atoms with Gasteiger partial charge in [-0.15, -0.1) is 0 Å².